The van der Waals surface area contributed by atoms with Crippen molar-refractivity contribution in [3.05, 3.63) is 23.8 Å². The van der Waals surface area contributed by atoms with Crippen molar-refractivity contribution in [2.45, 2.75) is 6.92 Å². The third-order valence-electron chi connectivity index (χ3n) is 2.93. The molecule has 2 rings (SSSR count). The first-order valence-corrected chi connectivity index (χ1v) is 5.39. The predicted octanol–water partition coefficient (Wildman–Crippen LogP) is 1.41. The Morgan fingerprint density at radius 1 is 1.53 bits per heavy atom. The van der Waals surface area contributed by atoms with Crippen molar-refractivity contribution in [1.29, 1.82) is 0 Å². The number of carbonyl (C=O) groups is 2. The van der Waals surface area contributed by atoms with Crippen LogP contribution in [0.4, 0.5) is 11.4 Å². The van der Waals surface area contributed by atoms with Crippen LogP contribution in [0, 0.1) is 5.92 Å². The summed E-state index contributed by atoms with van der Waals surface area (Å²) in [5.41, 5.74) is 1.25. The number of anilines is 2. The topological polar surface area (TPSA) is 69.6 Å². The SMILES string of the molecule is CC1CN(C)c2cccc(C(=O)O)c2NC1=O. The number of rotatable bonds is 1. The lowest BCUT2D eigenvalue weighted by atomic mass is 10.1. The molecule has 0 saturated heterocycles. The summed E-state index contributed by atoms with van der Waals surface area (Å²) in [4.78, 5) is 24.8. The molecule has 5 heteroatoms. The first-order valence-electron chi connectivity index (χ1n) is 5.39. The van der Waals surface area contributed by atoms with Crippen LogP contribution in [-0.4, -0.2) is 30.6 Å². The minimum atomic E-state index is -1.04. The first kappa shape index (κ1) is 11.4. The average Bonchev–Trinajstić information content (AvgIpc) is 2.37. The molecule has 1 atom stereocenters. The minimum Gasteiger partial charge on any atom is -0.478 e. The van der Waals surface area contributed by atoms with Crippen LogP contribution in [-0.2, 0) is 4.79 Å². The molecule has 1 aliphatic rings. The van der Waals surface area contributed by atoms with E-state index in [0.29, 0.717) is 12.2 Å². The quantitative estimate of drug-likeness (QED) is 0.770. The Morgan fingerprint density at radius 3 is 2.88 bits per heavy atom. The fourth-order valence-corrected chi connectivity index (χ4v) is 2.01. The summed E-state index contributed by atoms with van der Waals surface area (Å²) in [6.07, 6.45) is 0. The summed E-state index contributed by atoms with van der Waals surface area (Å²) in [7, 11) is 1.85. The number of hydrogen-bond acceptors (Lipinski definition) is 3. The van der Waals surface area contributed by atoms with Crippen molar-refractivity contribution in [2.24, 2.45) is 5.92 Å². The van der Waals surface area contributed by atoms with Crippen molar-refractivity contribution in [2.75, 3.05) is 23.8 Å². The molecule has 0 aromatic heterocycles. The molecule has 0 saturated carbocycles. The molecule has 90 valence electrons. The lowest BCUT2D eigenvalue weighted by Gasteiger charge is -2.20. The Hall–Kier alpha value is -2.04. The number of aromatic carboxylic acids is 1. The van der Waals surface area contributed by atoms with Gasteiger partial charge in [0, 0.05) is 13.6 Å². The van der Waals surface area contributed by atoms with E-state index >= 15 is 0 Å². The Bertz CT molecular complexity index is 485. The van der Waals surface area contributed by atoms with Gasteiger partial charge in [-0.05, 0) is 12.1 Å². The molecule has 1 amide bonds. The Kier molecular flexibility index (Phi) is 2.75. The highest BCUT2D eigenvalue weighted by Crippen LogP contribution is 2.32. The van der Waals surface area contributed by atoms with E-state index in [-0.39, 0.29) is 17.4 Å². The molecule has 0 bridgehead atoms. The zero-order valence-corrected chi connectivity index (χ0v) is 9.73. The first-order chi connectivity index (χ1) is 8.00. The molecule has 1 aromatic rings. The third kappa shape index (κ3) is 1.95. The molecular weight excluding hydrogens is 220 g/mol. The number of fused-ring (bicyclic) bond motifs is 1. The van der Waals surface area contributed by atoms with Gasteiger partial charge in [0.05, 0.1) is 22.9 Å². The Morgan fingerprint density at radius 2 is 2.24 bits per heavy atom. The summed E-state index contributed by atoms with van der Waals surface area (Å²) < 4.78 is 0. The van der Waals surface area contributed by atoms with E-state index in [9.17, 15) is 9.59 Å². The highest BCUT2D eigenvalue weighted by Gasteiger charge is 2.26. The lowest BCUT2D eigenvalue weighted by Crippen LogP contribution is -2.27. The highest BCUT2D eigenvalue weighted by molar-refractivity contribution is 6.06. The van der Waals surface area contributed by atoms with Crippen LogP contribution in [0.1, 0.15) is 17.3 Å². The van der Waals surface area contributed by atoms with Crippen molar-refractivity contribution in [3.8, 4) is 0 Å². The third-order valence-corrected chi connectivity index (χ3v) is 2.93. The van der Waals surface area contributed by atoms with Gasteiger partial charge in [0.1, 0.15) is 0 Å². The minimum absolute atomic E-state index is 0.122. The van der Waals surface area contributed by atoms with Crippen LogP contribution in [0.5, 0.6) is 0 Å². The summed E-state index contributed by atoms with van der Waals surface area (Å²) >= 11 is 0. The number of amides is 1. The summed E-state index contributed by atoms with van der Waals surface area (Å²) in [6, 6.07) is 4.98. The van der Waals surface area contributed by atoms with Crippen LogP contribution in [0.15, 0.2) is 18.2 Å². The van der Waals surface area contributed by atoms with E-state index in [1.807, 2.05) is 18.9 Å². The Labute approximate surface area is 99.0 Å². The molecule has 1 aliphatic heterocycles. The Balaban J connectivity index is 2.57. The zero-order chi connectivity index (χ0) is 12.6. The molecular formula is C12H14N2O3. The van der Waals surface area contributed by atoms with Crippen LogP contribution < -0.4 is 10.2 Å². The fourth-order valence-electron chi connectivity index (χ4n) is 2.01. The normalized spacial score (nSPS) is 19.3. The molecule has 0 fully saturated rings. The van der Waals surface area contributed by atoms with Crippen LogP contribution in [0.3, 0.4) is 0 Å². The molecule has 0 aliphatic carbocycles. The lowest BCUT2D eigenvalue weighted by molar-refractivity contribution is -0.119. The maximum absolute atomic E-state index is 11.8. The summed E-state index contributed by atoms with van der Waals surface area (Å²) in [5, 5.41) is 11.8. The van der Waals surface area contributed by atoms with E-state index < -0.39 is 5.97 Å². The van der Waals surface area contributed by atoms with Crippen molar-refractivity contribution in [1.82, 2.24) is 0 Å². The maximum Gasteiger partial charge on any atom is 0.337 e. The second-order valence-electron chi connectivity index (χ2n) is 4.28. The molecule has 1 heterocycles. The van der Waals surface area contributed by atoms with E-state index in [2.05, 4.69) is 5.32 Å². The van der Waals surface area contributed by atoms with Crippen LogP contribution in [0.25, 0.3) is 0 Å². The number of nitrogens with one attached hydrogen (secondary N) is 1. The van der Waals surface area contributed by atoms with Crippen molar-refractivity contribution >= 4 is 23.3 Å². The standard InChI is InChI=1S/C12H14N2O3/c1-7-6-14(2)9-5-3-4-8(12(16)17)10(9)13-11(7)15/h3-5,7H,6H2,1-2H3,(H,13,15)(H,16,17). The monoisotopic (exact) mass is 234 g/mol. The van der Waals surface area contributed by atoms with Crippen LogP contribution in [0.2, 0.25) is 0 Å². The van der Waals surface area contributed by atoms with Gasteiger partial charge in [-0.2, -0.15) is 0 Å². The predicted molar refractivity (Wildman–Crippen MR) is 64.5 cm³/mol. The van der Waals surface area contributed by atoms with Gasteiger partial charge in [-0.1, -0.05) is 13.0 Å². The molecule has 1 aromatic carbocycles. The molecule has 5 nitrogen and oxygen atoms in total. The van der Waals surface area contributed by atoms with Gasteiger partial charge in [0.15, 0.2) is 0 Å². The number of carbonyl (C=O) groups excluding carboxylic acids is 1. The second-order valence-corrected chi connectivity index (χ2v) is 4.28. The number of carboxylic acid groups (broad SMARTS) is 1. The van der Waals surface area contributed by atoms with E-state index in [1.165, 1.54) is 6.07 Å². The number of hydrogen-bond donors (Lipinski definition) is 2. The number of benzene rings is 1. The highest BCUT2D eigenvalue weighted by atomic mass is 16.4. The van der Waals surface area contributed by atoms with E-state index in [4.69, 9.17) is 5.11 Å². The van der Waals surface area contributed by atoms with Gasteiger partial charge in [-0.3, -0.25) is 4.79 Å². The zero-order valence-electron chi connectivity index (χ0n) is 9.73. The maximum atomic E-state index is 11.8. The number of para-hydroxylation sites is 1. The number of carboxylic acids is 1. The van der Waals surface area contributed by atoms with Gasteiger partial charge in [0.2, 0.25) is 5.91 Å². The summed E-state index contributed by atoms with van der Waals surface area (Å²) in [5.74, 6) is -1.36. The largest absolute Gasteiger partial charge is 0.478 e. The van der Waals surface area contributed by atoms with Crippen molar-refractivity contribution in [3.63, 3.8) is 0 Å². The van der Waals surface area contributed by atoms with Gasteiger partial charge < -0.3 is 15.3 Å². The van der Waals surface area contributed by atoms with E-state index in [0.717, 1.165) is 5.69 Å². The van der Waals surface area contributed by atoms with Gasteiger partial charge in [-0.25, -0.2) is 4.79 Å². The summed E-state index contributed by atoms with van der Waals surface area (Å²) in [6.45, 7) is 2.39. The van der Waals surface area contributed by atoms with Gasteiger partial charge in [-0.15, -0.1) is 0 Å². The van der Waals surface area contributed by atoms with Gasteiger partial charge in [0.25, 0.3) is 0 Å². The van der Waals surface area contributed by atoms with Crippen molar-refractivity contribution < 1.29 is 14.7 Å². The van der Waals surface area contributed by atoms with E-state index in [1.54, 1.807) is 12.1 Å². The molecule has 0 spiro atoms. The van der Waals surface area contributed by atoms with Gasteiger partial charge >= 0.3 is 5.97 Å². The molecule has 1 unspecified atom stereocenters. The molecule has 2 N–H and O–H groups in total. The van der Waals surface area contributed by atoms with Crippen LogP contribution >= 0.6 is 0 Å². The number of nitrogens with zero attached hydrogens (tertiary/aromatic N) is 1. The molecule has 0 radical (unpaired) electrons. The fraction of sp³-hybridized carbons (Fsp3) is 0.333. The molecule has 17 heavy (non-hydrogen) atoms. The average molecular weight is 234 g/mol. The smallest absolute Gasteiger partial charge is 0.337 e. The second kappa shape index (κ2) is 4.08.